The number of amides is 2. The fourth-order valence-electron chi connectivity index (χ4n) is 4.47. The van der Waals surface area contributed by atoms with Crippen molar-refractivity contribution in [3.63, 3.8) is 0 Å². The third kappa shape index (κ3) is 4.55. The summed E-state index contributed by atoms with van der Waals surface area (Å²) in [6, 6.07) is 7.23. The number of amidine groups is 2. The van der Waals surface area contributed by atoms with Crippen LogP contribution in [0.3, 0.4) is 0 Å². The Morgan fingerprint density at radius 3 is 2.51 bits per heavy atom. The van der Waals surface area contributed by atoms with E-state index in [1.807, 2.05) is 41.5 Å². The molecule has 1 fully saturated rings. The van der Waals surface area contributed by atoms with Gasteiger partial charge in [-0.2, -0.15) is 15.1 Å². The number of aromatic nitrogens is 1. The van der Waals surface area contributed by atoms with Gasteiger partial charge in [0.1, 0.15) is 5.04 Å². The average molecular weight is 529 g/mol. The SMILES string of the molecule is Cc1cc(C=C2C(=N)N3N=C(CC(=O)N4CCCC4)SC3=NC2=O)c(C)n1-c1cc(Cl)cc(Cl)c1. The Hall–Kier alpha value is -2.88. The summed E-state index contributed by atoms with van der Waals surface area (Å²) in [4.78, 5) is 31.3. The molecule has 2 aromatic rings. The fourth-order valence-corrected chi connectivity index (χ4v) is 5.86. The van der Waals surface area contributed by atoms with E-state index in [1.165, 1.54) is 16.8 Å². The minimum atomic E-state index is -0.508. The molecule has 5 rings (SSSR count). The molecule has 1 aromatic heterocycles. The third-order valence-electron chi connectivity index (χ3n) is 6.13. The minimum absolute atomic E-state index is 0.0105. The van der Waals surface area contributed by atoms with Crippen molar-refractivity contribution in [3.05, 3.63) is 56.8 Å². The molecule has 3 aliphatic heterocycles. The number of rotatable bonds is 4. The topological polar surface area (TPSA) is 94.1 Å². The largest absolute Gasteiger partial charge is 0.342 e. The van der Waals surface area contributed by atoms with E-state index >= 15 is 0 Å². The van der Waals surface area contributed by atoms with Gasteiger partial charge in [0.05, 0.1) is 12.0 Å². The lowest BCUT2D eigenvalue weighted by molar-refractivity contribution is -0.128. The van der Waals surface area contributed by atoms with Gasteiger partial charge in [-0.3, -0.25) is 15.0 Å². The number of hydrogen-bond donors (Lipinski definition) is 1. The lowest BCUT2D eigenvalue weighted by atomic mass is 10.1. The average Bonchev–Trinajstić information content (AvgIpc) is 3.50. The first-order chi connectivity index (χ1) is 16.7. The fraction of sp³-hybridized carbons (Fsp3) is 0.292. The van der Waals surface area contributed by atoms with Crippen LogP contribution in [0.1, 0.15) is 36.2 Å². The maximum Gasteiger partial charge on any atom is 0.283 e. The lowest BCUT2D eigenvalue weighted by Crippen LogP contribution is -2.35. The molecule has 0 unspecified atom stereocenters. The summed E-state index contributed by atoms with van der Waals surface area (Å²) in [7, 11) is 0. The first kappa shape index (κ1) is 23.8. The Morgan fingerprint density at radius 2 is 1.83 bits per heavy atom. The number of nitrogens with zero attached hydrogens (tertiary/aromatic N) is 5. The summed E-state index contributed by atoms with van der Waals surface area (Å²) < 4.78 is 1.99. The van der Waals surface area contributed by atoms with Gasteiger partial charge in [-0.25, -0.2) is 0 Å². The molecule has 1 aromatic carbocycles. The van der Waals surface area contributed by atoms with Crippen LogP contribution < -0.4 is 0 Å². The van der Waals surface area contributed by atoms with Crippen molar-refractivity contribution in [2.24, 2.45) is 10.1 Å². The van der Waals surface area contributed by atoms with Gasteiger partial charge in [-0.15, -0.1) is 0 Å². The van der Waals surface area contributed by atoms with Crippen molar-refractivity contribution < 1.29 is 9.59 Å². The molecule has 0 saturated carbocycles. The Bertz CT molecular complexity index is 1350. The van der Waals surface area contributed by atoms with Crippen LogP contribution in [0.15, 0.2) is 39.9 Å². The van der Waals surface area contributed by atoms with Crippen LogP contribution in [0.25, 0.3) is 11.8 Å². The van der Waals surface area contributed by atoms with Crippen molar-refractivity contribution in [2.45, 2.75) is 33.1 Å². The van der Waals surface area contributed by atoms with E-state index in [9.17, 15) is 9.59 Å². The number of fused-ring (bicyclic) bond motifs is 1. The van der Waals surface area contributed by atoms with Gasteiger partial charge in [0.2, 0.25) is 11.1 Å². The van der Waals surface area contributed by atoms with Crippen LogP contribution in [0.2, 0.25) is 10.0 Å². The molecular formula is C24H22Cl2N6O2S. The highest BCUT2D eigenvalue weighted by atomic mass is 35.5. The third-order valence-corrected chi connectivity index (χ3v) is 7.48. The van der Waals surface area contributed by atoms with Gasteiger partial charge < -0.3 is 9.47 Å². The molecule has 4 heterocycles. The summed E-state index contributed by atoms with van der Waals surface area (Å²) in [5.74, 6) is -0.560. The maximum atomic E-state index is 12.8. The lowest BCUT2D eigenvalue weighted by Gasteiger charge is -2.20. The van der Waals surface area contributed by atoms with Crippen LogP contribution in [0.5, 0.6) is 0 Å². The number of aliphatic imine (C=N–C) groups is 1. The summed E-state index contributed by atoms with van der Waals surface area (Å²) in [5, 5.41) is 16.3. The second-order valence-electron chi connectivity index (χ2n) is 8.57. The second kappa shape index (κ2) is 9.29. The van der Waals surface area contributed by atoms with E-state index in [0.717, 1.165) is 48.6 Å². The molecule has 1 N–H and O–H groups in total. The van der Waals surface area contributed by atoms with Crippen molar-refractivity contribution in [1.29, 1.82) is 5.41 Å². The first-order valence-corrected chi connectivity index (χ1v) is 12.7. The number of hydrogen-bond acceptors (Lipinski definition) is 5. The van der Waals surface area contributed by atoms with E-state index < -0.39 is 5.91 Å². The predicted octanol–water partition coefficient (Wildman–Crippen LogP) is 5.03. The number of carbonyl (C=O) groups excluding carboxylic acids is 2. The minimum Gasteiger partial charge on any atom is -0.342 e. The molecule has 3 aliphatic rings. The van der Waals surface area contributed by atoms with Gasteiger partial charge in [-0.05, 0) is 74.4 Å². The Morgan fingerprint density at radius 1 is 1.14 bits per heavy atom. The smallest absolute Gasteiger partial charge is 0.283 e. The highest BCUT2D eigenvalue weighted by molar-refractivity contribution is 8.27. The molecule has 2 amide bonds. The Kier molecular flexibility index (Phi) is 6.33. The molecule has 11 heteroatoms. The Balaban J connectivity index is 1.43. The van der Waals surface area contributed by atoms with Crippen molar-refractivity contribution in [3.8, 4) is 5.69 Å². The first-order valence-electron chi connectivity index (χ1n) is 11.1. The standard InChI is InChI=1S/C24H22Cl2N6O2S/c1-13-7-15(14(2)31(13)18-10-16(25)9-17(26)11-18)8-19-22(27)32-24(28-23(19)34)35-20(29-32)12-21(33)30-5-3-4-6-30/h7-11,27H,3-6,12H2,1-2H3. The molecule has 0 bridgehead atoms. The van der Waals surface area contributed by atoms with Crippen LogP contribution in [-0.4, -0.2) is 55.4 Å². The van der Waals surface area contributed by atoms with Gasteiger partial charge in [0.15, 0.2) is 5.84 Å². The molecule has 0 aliphatic carbocycles. The van der Waals surface area contributed by atoms with Gasteiger partial charge in [-0.1, -0.05) is 23.2 Å². The molecular weight excluding hydrogens is 507 g/mol. The number of hydrazone groups is 1. The highest BCUT2D eigenvalue weighted by Crippen LogP contribution is 2.32. The van der Waals surface area contributed by atoms with Gasteiger partial charge >= 0.3 is 0 Å². The number of carbonyl (C=O) groups is 2. The number of likely N-dealkylation sites (tertiary alicyclic amines) is 1. The van der Waals surface area contributed by atoms with Crippen LogP contribution in [-0.2, 0) is 9.59 Å². The summed E-state index contributed by atoms with van der Waals surface area (Å²) in [6.07, 6.45) is 3.83. The number of thioether (sulfide) groups is 1. The van der Waals surface area contributed by atoms with E-state index in [4.69, 9.17) is 28.6 Å². The number of benzene rings is 1. The second-order valence-corrected chi connectivity index (χ2v) is 10.5. The number of aryl methyl sites for hydroxylation is 1. The predicted molar refractivity (Wildman–Crippen MR) is 141 cm³/mol. The molecule has 35 heavy (non-hydrogen) atoms. The zero-order valence-electron chi connectivity index (χ0n) is 19.1. The van der Waals surface area contributed by atoms with Crippen LogP contribution in [0.4, 0.5) is 0 Å². The molecule has 0 radical (unpaired) electrons. The zero-order valence-corrected chi connectivity index (χ0v) is 21.5. The maximum absolute atomic E-state index is 12.8. The molecule has 0 atom stereocenters. The van der Waals surface area contributed by atoms with Gasteiger partial charge in [0.25, 0.3) is 5.91 Å². The number of halogens is 2. The molecule has 1 saturated heterocycles. The van der Waals surface area contributed by atoms with Crippen molar-refractivity contribution in [2.75, 3.05) is 13.1 Å². The van der Waals surface area contributed by atoms with E-state index in [2.05, 4.69) is 10.1 Å². The normalized spacial score (nSPS) is 18.9. The van der Waals surface area contributed by atoms with E-state index in [0.29, 0.717) is 20.3 Å². The summed E-state index contributed by atoms with van der Waals surface area (Å²) in [5.41, 5.74) is 3.49. The van der Waals surface area contributed by atoms with Crippen molar-refractivity contribution >= 4 is 68.9 Å². The zero-order chi connectivity index (χ0) is 24.9. The molecule has 0 spiro atoms. The number of nitrogens with one attached hydrogen (secondary N) is 1. The van der Waals surface area contributed by atoms with Crippen LogP contribution in [0, 0.1) is 19.3 Å². The molecule has 180 valence electrons. The van der Waals surface area contributed by atoms with E-state index in [1.54, 1.807) is 12.1 Å². The van der Waals surface area contributed by atoms with E-state index in [-0.39, 0.29) is 23.7 Å². The summed E-state index contributed by atoms with van der Waals surface area (Å²) >= 11 is 13.6. The van der Waals surface area contributed by atoms with Crippen molar-refractivity contribution in [1.82, 2.24) is 14.5 Å². The quantitative estimate of drug-likeness (QED) is 0.562. The van der Waals surface area contributed by atoms with Gasteiger partial charge in [0, 0.05) is 40.2 Å². The highest BCUT2D eigenvalue weighted by Gasteiger charge is 2.36. The Labute approximate surface area is 216 Å². The monoisotopic (exact) mass is 528 g/mol. The van der Waals surface area contributed by atoms with Crippen LogP contribution >= 0.6 is 35.0 Å². The molecule has 8 nitrogen and oxygen atoms in total. The summed E-state index contributed by atoms with van der Waals surface area (Å²) in [6.45, 7) is 5.40.